The van der Waals surface area contributed by atoms with Crippen LogP contribution in [0, 0.1) is 0 Å². The molecule has 0 aromatic heterocycles. The molecule has 0 aliphatic heterocycles. The Kier molecular flexibility index (Phi) is 8.55. The van der Waals surface area contributed by atoms with E-state index in [4.69, 9.17) is 25.8 Å². The van der Waals surface area contributed by atoms with E-state index in [9.17, 15) is 9.59 Å². The summed E-state index contributed by atoms with van der Waals surface area (Å²) in [6.07, 6.45) is 2.77. The lowest BCUT2D eigenvalue weighted by Crippen LogP contribution is -2.34. The SMILES string of the molecule is CCOc1c(Cl)cc(/C=C/C(=O)OCC(=O)N(CC)c2ccccc2)cc1OC. The molecule has 2 aromatic carbocycles. The van der Waals surface area contributed by atoms with Gasteiger partial charge in [-0.15, -0.1) is 0 Å². The highest BCUT2D eigenvalue weighted by molar-refractivity contribution is 6.32. The molecule has 0 saturated heterocycles. The van der Waals surface area contributed by atoms with E-state index in [0.717, 1.165) is 5.69 Å². The van der Waals surface area contributed by atoms with Crippen molar-refractivity contribution in [1.82, 2.24) is 0 Å². The molecular weight excluding hydrogens is 394 g/mol. The second kappa shape index (κ2) is 11.1. The fraction of sp³-hybridized carbons (Fsp3) is 0.273. The molecule has 2 rings (SSSR count). The number of anilines is 1. The number of nitrogens with zero attached hydrogens (tertiary/aromatic N) is 1. The predicted octanol–water partition coefficient (Wildman–Crippen LogP) is 4.36. The molecule has 0 bridgehead atoms. The second-order valence-corrected chi connectivity index (χ2v) is 6.29. The number of esters is 1. The zero-order chi connectivity index (χ0) is 21.2. The lowest BCUT2D eigenvalue weighted by atomic mass is 10.2. The number of likely N-dealkylation sites (N-methyl/N-ethyl adjacent to an activating group) is 1. The van der Waals surface area contributed by atoms with Gasteiger partial charge in [0.05, 0.1) is 18.7 Å². The van der Waals surface area contributed by atoms with Gasteiger partial charge in [0, 0.05) is 18.3 Å². The first-order valence-electron chi connectivity index (χ1n) is 9.20. The fourth-order valence-electron chi connectivity index (χ4n) is 2.65. The van der Waals surface area contributed by atoms with Gasteiger partial charge in [-0.2, -0.15) is 0 Å². The Hall–Kier alpha value is -2.99. The quantitative estimate of drug-likeness (QED) is 0.448. The summed E-state index contributed by atoms with van der Waals surface area (Å²) >= 11 is 6.21. The van der Waals surface area contributed by atoms with E-state index in [0.29, 0.717) is 35.2 Å². The van der Waals surface area contributed by atoms with Crippen molar-refractivity contribution in [1.29, 1.82) is 0 Å². The zero-order valence-corrected chi connectivity index (χ0v) is 17.4. The topological polar surface area (TPSA) is 65.1 Å². The monoisotopic (exact) mass is 417 g/mol. The normalized spacial score (nSPS) is 10.6. The molecule has 6 nitrogen and oxygen atoms in total. The van der Waals surface area contributed by atoms with E-state index >= 15 is 0 Å². The minimum atomic E-state index is -0.633. The molecule has 0 spiro atoms. The van der Waals surface area contributed by atoms with Crippen molar-refractivity contribution < 1.29 is 23.8 Å². The van der Waals surface area contributed by atoms with E-state index in [1.54, 1.807) is 17.0 Å². The third kappa shape index (κ3) is 6.26. The Balaban J connectivity index is 1.99. The molecule has 0 atom stereocenters. The van der Waals surface area contributed by atoms with Crippen LogP contribution >= 0.6 is 11.6 Å². The Labute approximate surface area is 175 Å². The van der Waals surface area contributed by atoms with Crippen molar-refractivity contribution in [2.75, 3.05) is 31.8 Å². The highest BCUT2D eigenvalue weighted by Gasteiger charge is 2.15. The molecule has 2 aromatic rings. The summed E-state index contributed by atoms with van der Waals surface area (Å²) in [6.45, 7) is 4.28. The minimum absolute atomic E-state index is 0.300. The standard InChI is InChI=1S/C22H24ClNO5/c1-4-24(17-9-7-6-8-10-17)20(25)15-29-21(26)12-11-16-13-18(23)22(28-5-2)19(14-16)27-3/h6-14H,4-5,15H2,1-3H3/b12-11+. The summed E-state index contributed by atoms with van der Waals surface area (Å²) in [5.74, 6) is -0.0239. The number of methoxy groups -OCH3 is 1. The van der Waals surface area contributed by atoms with Crippen molar-refractivity contribution >= 4 is 35.2 Å². The maximum absolute atomic E-state index is 12.4. The number of amides is 1. The van der Waals surface area contributed by atoms with Gasteiger partial charge in [-0.3, -0.25) is 4.79 Å². The number of rotatable bonds is 9. The molecule has 154 valence electrons. The van der Waals surface area contributed by atoms with Crippen LogP contribution in [0.4, 0.5) is 5.69 Å². The van der Waals surface area contributed by atoms with Crippen LogP contribution in [-0.4, -0.2) is 38.7 Å². The molecule has 0 N–H and O–H groups in total. The van der Waals surface area contributed by atoms with Crippen LogP contribution in [0.15, 0.2) is 48.5 Å². The van der Waals surface area contributed by atoms with Crippen LogP contribution in [0.2, 0.25) is 5.02 Å². The molecule has 7 heteroatoms. The van der Waals surface area contributed by atoms with Gasteiger partial charge in [-0.25, -0.2) is 4.79 Å². The highest BCUT2D eigenvalue weighted by Crippen LogP contribution is 2.36. The van der Waals surface area contributed by atoms with E-state index < -0.39 is 5.97 Å². The van der Waals surface area contributed by atoms with Gasteiger partial charge < -0.3 is 19.1 Å². The van der Waals surface area contributed by atoms with Crippen LogP contribution in [0.5, 0.6) is 11.5 Å². The number of carbonyl (C=O) groups is 2. The number of para-hydroxylation sites is 1. The number of ether oxygens (including phenoxy) is 3. The average molecular weight is 418 g/mol. The Morgan fingerprint density at radius 1 is 1.14 bits per heavy atom. The van der Waals surface area contributed by atoms with Crippen LogP contribution in [0.25, 0.3) is 6.08 Å². The largest absolute Gasteiger partial charge is 0.493 e. The zero-order valence-electron chi connectivity index (χ0n) is 16.7. The number of halogens is 1. The summed E-state index contributed by atoms with van der Waals surface area (Å²) in [6, 6.07) is 12.6. The Morgan fingerprint density at radius 3 is 2.48 bits per heavy atom. The van der Waals surface area contributed by atoms with Gasteiger partial charge in [0.25, 0.3) is 5.91 Å². The van der Waals surface area contributed by atoms with E-state index in [1.165, 1.54) is 19.3 Å². The van der Waals surface area contributed by atoms with E-state index in [-0.39, 0.29) is 12.5 Å². The van der Waals surface area contributed by atoms with Crippen molar-refractivity contribution in [3.63, 3.8) is 0 Å². The van der Waals surface area contributed by atoms with Crippen molar-refractivity contribution in [2.45, 2.75) is 13.8 Å². The van der Waals surface area contributed by atoms with E-state index in [2.05, 4.69) is 0 Å². The number of carbonyl (C=O) groups excluding carboxylic acids is 2. The van der Waals surface area contributed by atoms with Gasteiger partial charge >= 0.3 is 5.97 Å². The predicted molar refractivity (Wildman–Crippen MR) is 114 cm³/mol. The van der Waals surface area contributed by atoms with Gasteiger partial charge in [-0.1, -0.05) is 29.8 Å². The van der Waals surface area contributed by atoms with Crippen molar-refractivity contribution in [3.8, 4) is 11.5 Å². The smallest absolute Gasteiger partial charge is 0.331 e. The first kappa shape index (κ1) is 22.3. The first-order valence-corrected chi connectivity index (χ1v) is 9.58. The van der Waals surface area contributed by atoms with Crippen molar-refractivity contribution in [2.24, 2.45) is 0 Å². The number of hydrogen-bond donors (Lipinski definition) is 0. The Morgan fingerprint density at radius 2 is 1.86 bits per heavy atom. The van der Waals surface area contributed by atoms with Crippen LogP contribution in [0.3, 0.4) is 0 Å². The third-order valence-electron chi connectivity index (χ3n) is 3.98. The summed E-state index contributed by atoms with van der Waals surface area (Å²) in [7, 11) is 1.51. The molecule has 0 aliphatic rings. The molecule has 29 heavy (non-hydrogen) atoms. The molecule has 0 aliphatic carbocycles. The van der Waals surface area contributed by atoms with Gasteiger partial charge in [0.1, 0.15) is 0 Å². The van der Waals surface area contributed by atoms with Crippen LogP contribution < -0.4 is 14.4 Å². The summed E-state index contributed by atoms with van der Waals surface area (Å²) in [4.78, 5) is 25.9. The third-order valence-corrected chi connectivity index (χ3v) is 4.26. The molecular formula is C22H24ClNO5. The highest BCUT2D eigenvalue weighted by atomic mass is 35.5. The molecule has 0 fully saturated rings. The molecule has 0 heterocycles. The maximum Gasteiger partial charge on any atom is 0.331 e. The number of benzene rings is 2. The van der Waals surface area contributed by atoms with Gasteiger partial charge in [0.15, 0.2) is 18.1 Å². The average Bonchev–Trinajstić information content (AvgIpc) is 2.73. The fourth-order valence-corrected chi connectivity index (χ4v) is 2.93. The minimum Gasteiger partial charge on any atom is -0.493 e. The summed E-state index contributed by atoms with van der Waals surface area (Å²) in [5, 5.41) is 0.371. The lowest BCUT2D eigenvalue weighted by Gasteiger charge is -2.20. The molecule has 0 unspecified atom stereocenters. The van der Waals surface area contributed by atoms with Crippen molar-refractivity contribution in [3.05, 3.63) is 59.1 Å². The van der Waals surface area contributed by atoms with Crippen LogP contribution in [-0.2, 0) is 14.3 Å². The maximum atomic E-state index is 12.4. The summed E-state index contributed by atoms with van der Waals surface area (Å²) < 4.78 is 15.8. The lowest BCUT2D eigenvalue weighted by molar-refractivity contribution is -0.142. The molecule has 0 radical (unpaired) electrons. The second-order valence-electron chi connectivity index (χ2n) is 5.88. The van der Waals surface area contributed by atoms with Crippen LogP contribution in [0.1, 0.15) is 19.4 Å². The van der Waals surface area contributed by atoms with Gasteiger partial charge in [0.2, 0.25) is 0 Å². The number of hydrogen-bond acceptors (Lipinski definition) is 5. The Bertz CT molecular complexity index is 867. The first-order chi connectivity index (χ1) is 14.0. The molecule has 1 amide bonds. The molecule has 0 saturated carbocycles. The summed E-state index contributed by atoms with van der Waals surface area (Å²) in [5.41, 5.74) is 1.39. The van der Waals surface area contributed by atoms with Gasteiger partial charge in [-0.05, 0) is 49.8 Å². The van der Waals surface area contributed by atoms with E-state index in [1.807, 2.05) is 44.2 Å².